The molecule has 1 fully saturated rings. The third-order valence-corrected chi connectivity index (χ3v) is 4.30. The smallest absolute Gasteiger partial charge is 0.254 e. The summed E-state index contributed by atoms with van der Waals surface area (Å²) in [6, 6.07) is 18.8. The van der Waals surface area contributed by atoms with Crippen LogP contribution in [0.2, 0.25) is 5.02 Å². The summed E-state index contributed by atoms with van der Waals surface area (Å²) in [6.07, 6.45) is -0.0261. The van der Waals surface area contributed by atoms with Crippen LogP contribution >= 0.6 is 11.6 Å². The van der Waals surface area contributed by atoms with Crippen molar-refractivity contribution in [3.8, 4) is 5.88 Å². The van der Waals surface area contributed by atoms with Crippen molar-refractivity contribution in [1.82, 2.24) is 9.88 Å². The third-order valence-electron chi connectivity index (χ3n) is 4.07. The van der Waals surface area contributed by atoms with Crippen molar-refractivity contribution >= 4 is 28.4 Å². The van der Waals surface area contributed by atoms with Gasteiger partial charge in [0.15, 0.2) is 0 Å². The molecule has 1 amide bonds. The van der Waals surface area contributed by atoms with Gasteiger partial charge >= 0.3 is 0 Å². The Balaban J connectivity index is 1.39. The number of halogens is 1. The molecule has 0 aliphatic carbocycles. The average molecular weight is 339 g/mol. The second-order valence-electron chi connectivity index (χ2n) is 5.80. The second kappa shape index (κ2) is 6.13. The number of pyridine rings is 1. The molecule has 0 N–H and O–H groups in total. The molecule has 0 spiro atoms. The SMILES string of the molecule is O=C(c1cccc(Cl)c1)N1CC(Oc2ccc3ccccc3n2)C1. The maximum Gasteiger partial charge on any atom is 0.254 e. The van der Waals surface area contributed by atoms with Gasteiger partial charge in [0, 0.05) is 22.0 Å². The number of carbonyl (C=O) groups is 1. The van der Waals surface area contributed by atoms with E-state index in [0.29, 0.717) is 29.6 Å². The van der Waals surface area contributed by atoms with Gasteiger partial charge in [-0.3, -0.25) is 4.79 Å². The van der Waals surface area contributed by atoms with Crippen molar-refractivity contribution in [1.29, 1.82) is 0 Å². The van der Waals surface area contributed by atoms with Crippen molar-refractivity contribution < 1.29 is 9.53 Å². The van der Waals surface area contributed by atoms with E-state index >= 15 is 0 Å². The highest BCUT2D eigenvalue weighted by Gasteiger charge is 2.33. The Morgan fingerprint density at radius 1 is 1.08 bits per heavy atom. The molecule has 1 aromatic heterocycles. The minimum absolute atomic E-state index is 0.0242. The topological polar surface area (TPSA) is 42.4 Å². The number of carbonyl (C=O) groups excluding carboxylic acids is 1. The lowest BCUT2D eigenvalue weighted by Gasteiger charge is -2.38. The zero-order chi connectivity index (χ0) is 16.5. The van der Waals surface area contributed by atoms with Crippen LogP contribution in [-0.4, -0.2) is 35.0 Å². The van der Waals surface area contributed by atoms with Crippen LogP contribution in [0.15, 0.2) is 60.7 Å². The number of amides is 1. The number of para-hydroxylation sites is 1. The van der Waals surface area contributed by atoms with Gasteiger partial charge in [0.25, 0.3) is 5.91 Å². The number of benzene rings is 2. The van der Waals surface area contributed by atoms with Gasteiger partial charge in [0.1, 0.15) is 6.10 Å². The van der Waals surface area contributed by atoms with E-state index in [0.717, 1.165) is 10.9 Å². The molecule has 0 bridgehead atoms. The first-order chi connectivity index (χ1) is 11.7. The minimum atomic E-state index is -0.0261. The Labute approximate surface area is 144 Å². The Bertz CT molecular complexity index is 907. The molecule has 120 valence electrons. The molecule has 2 aromatic carbocycles. The summed E-state index contributed by atoms with van der Waals surface area (Å²) < 4.78 is 5.87. The van der Waals surface area contributed by atoms with E-state index in [1.54, 1.807) is 29.2 Å². The molecule has 1 aliphatic rings. The summed E-state index contributed by atoms with van der Waals surface area (Å²) in [7, 11) is 0. The van der Waals surface area contributed by atoms with Crippen LogP contribution in [0.1, 0.15) is 10.4 Å². The zero-order valence-electron chi connectivity index (χ0n) is 12.9. The van der Waals surface area contributed by atoms with E-state index < -0.39 is 0 Å². The molecule has 1 saturated heterocycles. The summed E-state index contributed by atoms with van der Waals surface area (Å²) in [5, 5.41) is 1.64. The highest BCUT2D eigenvalue weighted by Crippen LogP contribution is 2.22. The van der Waals surface area contributed by atoms with E-state index in [4.69, 9.17) is 16.3 Å². The highest BCUT2D eigenvalue weighted by atomic mass is 35.5. The largest absolute Gasteiger partial charge is 0.471 e. The van der Waals surface area contributed by atoms with Crippen LogP contribution in [0.4, 0.5) is 0 Å². The number of likely N-dealkylation sites (tertiary alicyclic amines) is 1. The number of rotatable bonds is 3. The predicted molar refractivity (Wildman–Crippen MR) is 93.5 cm³/mol. The van der Waals surface area contributed by atoms with Crippen LogP contribution in [0.3, 0.4) is 0 Å². The summed E-state index contributed by atoms with van der Waals surface area (Å²) >= 11 is 5.93. The Morgan fingerprint density at radius 3 is 2.75 bits per heavy atom. The number of aromatic nitrogens is 1. The quantitative estimate of drug-likeness (QED) is 0.729. The molecule has 0 saturated carbocycles. The number of fused-ring (bicyclic) bond motifs is 1. The zero-order valence-corrected chi connectivity index (χ0v) is 13.6. The minimum Gasteiger partial charge on any atom is -0.471 e. The first-order valence-electron chi connectivity index (χ1n) is 7.76. The average Bonchev–Trinajstić information content (AvgIpc) is 2.57. The van der Waals surface area contributed by atoms with E-state index in [2.05, 4.69) is 4.98 Å². The van der Waals surface area contributed by atoms with Crippen molar-refractivity contribution in [2.24, 2.45) is 0 Å². The lowest BCUT2D eigenvalue weighted by molar-refractivity contribution is 0.0161. The van der Waals surface area contributed by atoms with Gasteiger partial charge in [-0.05, 0) is 30.3 Å². The fourth-order valence-electron chi connectivity index (χ4n) is 2.77. The number of hydrogen-bond donors (Lipinski definition) is 0. The number of nitrogens with zero attached hydrogens (tertiary/aromatic N) is 2. The highest BCUT2D eigenvalue weighted by molar-refractivity contribution is 6.30. The van der Waals surface area contributed by atoms with E-state index in [1.165, 1.54) is 0 Å². The molecule has 5 heteroatoms. The molecule has 3 aromatic rings. The lowest BCUT2D eigenvalue weighted by Crippen LogP contribution is -2.56. The maximum absolute atomic E-state index is 12.3. The third kappa shape index (κ3) is 2.93. The summed E-state index contributed by atoms with van der Waals surface area (Å²) in [5.41, 5.74) is 1.51. The van der Waals surface area contributed by atoms with Gasteiger partial charge in [0.2, 0.25) is 5.88 Å². The molecule has 0 radical (unpaired) electrons. The van der Waals surface area contributed by atoms with Gasteiger partial charge in [-0.2, -0.15) is 0 Å². The number of ether oxygens (including phenoxy) is 1. The number of hydrogen-bond acceptors (Lipinski definition) is 3. The monoisotopic (exact) mass is 338 g/mol. The van der Waals surface area contributed by atoms with Crippen molar-refractivity contribution in [2.45, 2.75) is 6.10 Å². The molecule has 1 aliphatic heterocycles. The van der Waals surface area contributed by atoms with Gasteiger partial charge in [-0.1, -0.05) is 35.9 Å². The predicted octanol–water partition coefficient (Wildman–Crippen LogP) is 3.79. The summed E-state index contributed by atoms with van der Waals surface area (Å²) in [4.78, 5) is 18.6. The molecule has 0 atom stereocenters. The van der Waals surface area contributed by atoms with Crippen LogP contribution in [-0.2, 0) is 0 Å². The summed E-state index contributed by atoms with van der Waals surface area (Å²) in [5.74, 6) is 0.567. The normalized spacial score (nSPS) is 14.5. The standard InChI is InChI=1S/C19H15ClN2O2/c20-15-6-3-5-14(10-15)19(23)22-11-16(12-22)24-18-9-8-13-4-1-2-7-17(13)21-18/h1-10,16H,11-12H2. The summed E-state index contributed by atoms with van der Waals surface area (Å²) in [6.45, 7) is 1.11. The van der Waals surface area contributed by atoms with Gasteiger partial charge in [-0.15, -0.1) is 0 Å². The van der Waals surface area contributed by atoms with Crippen molar-refractivity contribution in [3.63, 3.8) is 0 Å². The molecular weight excluding hydrogens is 324 g/mol. The van der Waals surface area contributed by atoms with Crippen molar-refractivity contribution in [2.75, 3.05) is 13.1 Å². The molecule has 2 heterocycles. The molecule has 4 nitrogen and oxygen atoms in total. The first-order valence-corrected chi connectivity index (χ1v) is 8.14. The maximum atomic E-state index is 12.3. The Hall–Kier alpha value is -2.59. The second-order valence-corrected chi connectivity index (χ2v) is 6.24. The first kappa shape index (κ1) is 15.0. The van der Waals surface area contributed by atoms with Crippen LogP contribution in [0.5, 0.6) is 5.88 Å². The fourth-order valence-corrected chi connectivity index (χ4v) is 2.96. The molecule has 24 heavy (non-hydrogen) atoms. The van der Waals surface area contributed by atoms with Gasteiger partial charge in [-0.25, -0.2) is 4.98 Å². The molecule has 4 rings (SSSR count). The van der Waals surface area contributed by atoms with Crippen LogP contribution < -0.4 is 4.74 Å². The lowest BCUT2D eigenvalue weighted by atomic mass is 10.1. The van der Waals surface area contributed by atoms with E-state index in [-0.39, 0.29) is 12.0 Å². The van der Waals surface area contributed by atoms with E-state index in [1.807, 2.05) is 36.4 Å². The Morgan fingerprint density at radius 2 is 1.92 bits per heavy atom. The van der Waals surface area contributed by atoms with E-state index in [9.17, 15) is 4.79 Å². The Kier molecular flexibility index (Phi) is 3.82. The van der Waals surface area contributed by atoms with Gasteiger partial charge in [0.05, 0.1) is 18.6 Å². The fraction of sp³-hybridized carbons (Fsp3) is 0.158. The van der Waals surface area contributed by atoms with Crippen LogP contribution in [0, 0.1) is 0 Å². The molecule has 0 unspecified atom stereocenters. The van der Waals surface area contributed by atoms with Crippen molar-refractivity contribution in [3.05, 3.63) is 71.2 Å². The molecular formula is C19H15ClN2O2. The van der Waals surface area contributed by atoms with Gasteiger partial charge < -0.3 is 9.64 Å². The van der Waals surface area contributed by atoms with Crippen LogP contribution in [0.25, 0.3) is 10.9 Å².